The van der Waals surface area contributed by atoms with Gasteiger partial charge >= 0.3 is 17.6 Å². The lowest BCUT2D eigenvalue weighted by molar-refractivity contribution is 0.0704. The van der Waals surface area contributed by atoms with Gasteiger partial charge in [-0.15, -0.1) is 23.5 Å². The molecule has 0 aromatic heterocycles. The van der Waals surface area contributed by atoms with E-state index in [-0.39, 0.29) is 0 Å². The Labute approximate surface area is 232 Å². The fraction of sp³-hybridized carbons (Fsp3) is 1.00. The summed E-state index contributed by atoms with van der Waals surface area (Å²) in [5.74, 6) is 4.45. The molecule has 0 amide bonds. The Kier molecular flexibility index (Phi) is 20.9. The first-order valence-electron chi connectivity index (χ1n) is 14.0. The van der Waals surface area contributed by atoms with Crippen LogP contribution < -0.4 is 0 Å². The summed E-state index contributed by atoms with van der Waals surface area (Å²) >= 11 is 4.04. The quantitative estimate of drug-likeness (QED) is 0.116. The van der Waals surface area contributed by atoms with Gasteiger partial charge < -0.3 is 26.6 Å². The Hall–Kier alpha value is 0.814. The SMILES string of the molecule is CCO[Si](CCCSCN1CCN(CSCCC[Si](OCC)(OCC)OCC)CC1)(OCC)OCC. The van der Waals surface area contributed by atoms with Crippen molar-refractivity contribution in [1.82, 2.24) is 9.80 Å². The zero-order chi connectivity index (χ0) is 26.5. The standard InChI is InChI=1S/C24H54N2O6S2Si2/c1-7-27-35(28-8-2,29-9-3)21-13-19-33-23-25-15-17-26(18-16-25)24-34-20-14-22-36(30-10-4,31-11-5)32-12-6/h7-24H2,1-6H3. The molecule has 1 fully saturated rings. The lowest BCUT2D eigenvalue weighted by Gasteiger charge is -2.34. The summed E-state index contributed by atoms with van der Waals surface area (Å²) in [5, 5.41) is 0. The average Bonchev–Trinajstić information content (AvgIpc) is 2.85. The van der Waals surface area contributed by atoms with E-state index in [1.54, 1.807) is 0 Å². The van der Waals surface area contributed by atoms with Crippen LogP contribution in [0, 0.1) is 0 Å². The molecule has 0 radical (unpaired) electrons. The second kappa shape index (κ2) is 21.6. The summed E-state index contributed by atoms with van der Waals surface area (Å²) in [6, 6.07) is 1.81. The number of hydrogen-bond acceptors (Lipinski definition) is 10. The van der Waals surface area contributed by atoms with Crippen LogP contribution in [0.25, 0.3) is 0 Å². The van der Waals surface area contributed by atoms with Gasteiger partial charge in [-0.05, 0) is 65.9 Å². The second-order valence-electron chi connectivity index (χ2n) is 8.48. The van der Waals surface area contributed by atoms with Gasteiger partial charge in [-0.2, -0.15) is 0 Å². The minimum absolute atomic E-state index is 0.651. The maximum Gasteiger partial charge on any atom is 0.500 e. The molecule has 0 bridgehead atoms. The topological polar surface area (TPSA) is 61.9 Å². The molecule has 0 aliphatic carbocycles. The van der Waals surface area contributed by atoms with Crippen molar-refractivity contribution in [2.75, 3.05) is 89.1 Å². The van der Waals surface area contributed by atoms with Crippen LogP contribution >= 0.6 is 23.5 Å². The Bertz CT molecular complexity index is 445. The number of rotatable bonds is 24. The maximum absolute atomic E-state index is 5.97. The molecule has 1 rings (SSSR count). The minimum atomic E-state index is -2.49. The monoisotopic (exact) mass is 586 g/mol. The van der Waals surface area contributed by atoms with Crippen LogP contribution in [-0.4, -0.2) is 116 Å². The molecule has 0 spiro atoms. The molecule has 36 heavy (non-hydrogen) atoms. The zero-order valence-electron chi connectivity index (χ0n) is 23.9. The zero-order valence-corrected chi connectivity index (χ0v) is 27.5. The molecule has 1 saturated heterocycles. The van der Waals surface area contributed by atoms with Crippen LogP contribution in [-0.2, 0) is 26.6 Å². The molecule has 0 unspecified atom stereocenters. The van der Waals surface area contributed by atoms with Crippen molar-refractivity contribution < 1.29 is 26.6 Å². The van der Waals surface area contributed by atoms with Gasteiger partial charge in [-0.25, -0.2) is 0 Å². The molecule has 1 aliphatic heterocycles. The fourth-order valence-corrected chi connectivity index (χ4v) is 11.9. The first-order chi connectivity index (χ1) is 17.5. The van der Waals surface area contributed by atoms with E-state index in [4.69, 9.17) is 26.6 Å². The average molecular weight is 587 g/mol. The van der Waals surface area contributed by atoms with Crippen molar-refractivity contribution in [3.8, 4) is 0 Å². The van der Waals surface area contributed by atoms with E-state index in [0.29, 0.717) is 39.6 Å². The van der Waals surface area contributed by atoms with Crippen LogP contribution in [0.1, 0.15) is 54.4 Å². The van der Waals surface area contributed by atoms with Crippen LogP contribution in [0.15, 0.2) is 0 Å². The van der Waals surface area contributed by atoms with Crippen molar-refractivity contribution >= 4 is 41.1 Å². The number of thioether (sulfide) groups is 2. The van der Waals surface area contributed by atoms with Gasteiger partial charge in [0.25, 0.3) is 0 Å². The first-order valence-corrected chi connectivity index (χ1v) is 20.1. The Morgan fingerprint density at radius 1 is 0.500 bits per heavy atom. The van der Waals surface area contributed by atoms with Crippen molar-refractivity contribution in [3.63, 3.8) is 0 Å². The highest BCUT2D eigenvalue weighted by Crippen LogP contribution is 2.22. The van der Waals surface area contributed by atoms with E-state index in [9.17, 15) is 0 Å². The smallest absolute Gasteiger partial charge is 0.374 e. The molecule has 8 nitrogen and oxygen atoms in total. The highest BCUT2D eigenvalue weighted by Gasteiger charge is 2.40. The molecule has 0 aromatic rings. The molecule has 0 saturated carbocycles. The predicted molar refractivity (Wildman–Crippen MR) is 158 cm³/mol. The van der Waals surface area contributed by atoms with E-state index in [1.807, 2.05) is 65.1 Å². The van der Waals surface area contributed by atoms with Gasteiger partial charge in [-0.3, -0.25) is 9.80 Å². The van der Waals surface area contributed by atoms with E-state index < -0.39 is 17.6 Å². The van der Waals surface area contributed by atoms with Crippen LogP contribution in [0.2, 0.25) is 12.1 Å². The van der Waals surface area contributed by atoms with Crippen molar-refractivity contribution in [3.05, 3.63) is 0 Å². The van der Waals surface area contributed by atoms with Crippen LogP contribution in [0.4, 0.5) is 0 Å². The van der Waals surface area contributed by atoms with Gasteiger partial charge in [0.15, 0.2) is 0 Å². The largest absolute Gasteiger partial charge is 0.500 e. The van der Waals surface area contributed by atoms with Gasteiger partial charge in [0.1, 0.15) is 0 Å². The Morgan fingerprint density at radius 3 is 1.03 bits per heavy atom. The maximum atomic E-state index is 5.97. The lowest BCUT2D eigenvalue weighted by Crippen LogP contribution is -2.46. The number of piperazine rings is 1. The highest BCUT2D eigenvalue weighted by atomic mass is 32.2. The molecular weight excluding hydrogens is 533 g/mol. The summed E-state index contributed by atoms with van der Waals surface area (Å²) in [6.07, 6.45) is 2.15. The fourth-order valence-electron chi connectivity index (χ4n) is 4.22. The summed E-state index contributed by atoms with van der Waals surface area (Å²) in [4.78, 5) is 5.16. The lowest BCUT2D eigenvalue weighted by atomic mass is 10.4. The summed E-state index contributed by atoms with van der Waals surface area (Å²) in [6.45, 7) is 20.6. The third-order valence-corrected chi connectivity index (χ3v) is 14.3. The minimum Gasteiger partial charge on any atom is -0.374 e. The molecule has 0 N–H and O–H groups in total. The number of nitrogens with zero attached hydrogens (tertiary/aromatic N) is 2. The van der Waals surface area contributed by atoms with Crippen molar-refractivity contribution in [2.45, 2.75) is 66.5 Å². The Morgan fingerprint density at radius 2 is 0.778 bits per heavy atom. The summed E-state index contributed by atoms with van der Waals surface area (Å²) in [5.41, 5.74) is 0. The van der Waals surface area contributed by atoms with E-state index in [2.05, 4.69) is 9.80 Å². The third-order valence-electron chi connectivity index (χ3n) is 5.74. The van der Waals surface area contributed by atoms with E-state index in [0.717, 1.165) is 74.4 Å². The molecule has 0 aromatic carbocycles. The van der Waals surface area contributed by atoms with E-state index in [1.165, 1.54) is 0 Å². The molecule has 12 heteroatoms. The van der Waals surface area contributed by atoms with Crippen LogP contribution in [0.3, 0.4) is 0 Å². The molecule has 216 valence electrons. The third kappa shape index (κ3) is 14.3. The molecule has 0 atom stereocenters. The molecular formula is C24H54N2O6S2Si2. The molecule has 1 aliphatic rings. The van der Waals surface area contributed by atoms with Gasteiger partial charge in [0.2, 0.25) is 0 Å². The van der Waals surface area contributed by atoms with Gasteiger partial charge in [-0.1, -0.05) is 0 Å². The second-order valence-corrected chi connectivity index (χ2v) is 16.1. The van der Waals surface area contributed by atoms with Crippen molar-refractivity contribution in [2.24, 2.45) is 0 Å². The van der Waals surface area contributed by atoms with E-state index >= 15 is 0 Å². The Balaban J connectivity index is 2.19. The predicted octanol–water partition coefficient (Wildman–Crippen LogP) is 4.86. The summed E-state index contributed by atoms with van der Waals surface area (Å²) < 4.78 is 35.8. The molecule has 1 heterocycles. The van der Waals surface area contributed by atoms with Crippen molar-refractivity contribution in [1.29, 1.82) is 0 Å². The van der Waals surface area contributed by atoms with Gasteiger partial charge in [0.05, 0.1) is 0 Å². The number of hydrogen-bond donors (Lipinski definition) is 0. The van der Waals surface area contributed by atoms with Gasteiger partial charge in [0, 0.05) is 89.7 Å². The first kappa shape index (κ1) is 34.8. The normalized spacial score (nSPS) is 16.2. The highest BCUT2D eigenvalue weighted by molar-refractivity contribution is 7.99. The van der Waals surface area contributed by atoms with Crippen LogP contribution in [0.5, 0.6) is 0 Å². The summed E-state index contributed by atoms with van der Waals surface area (Å²) in [7, 11) is -4.98.